The van der Waals surface area contributed by atoms with E-state index in [0.29, 0.717) is 11.4 Å². The Hall–Kier alpha value is -2.24. The van der Waals surface area contributed by atoms with E-state index in [0.717, 1.165) is 36.9 Å². The van der Waals surface area contributed by atoms with Crippen LogP contribution in [0.1, 0.15) is 6.92 Å². The predicted octanol–water partition coefficient (Wildman–Crippen LogP) is 3.50. The van der Waals surface area contributed by atoms with Crippen LogP contribution in [0.4, 0.5) is 11.4 Å². The van der Waals surface area contributed by atoms with Crippen LogP contribution in [-0.4, -0.2) is 50.1 Å². The molecule has 0 aliphatic carbocycles. The zero-order valence-electron chi connectivity index (χ0n) is 15.1. The van der Waals surface area contributed by atoms with Gasteiger partial charge in [-0.3, -0.25) is 9.69 Å². The van der Waals surface area contributed by atoms with Crippen molar-refractivity contribution < 1.29 is 9.53 Å². The van der Waals surface area contributed by atoms with Gasteiger partial charge in [-0.2, -0.15) is 0 Å². The van der Waals surface area contributed by atoms with Crippen molar-refractivity contribution >= 4 is 28.9 Å². The molecule has 0 aromatic heterocycles. The van der Waals surface area contributed by atoms with Crippen LogP contribution >= 0.6 is 11.6 Å². The molecule has 5 nitrogen and oxygen atoms in total. The summed E-state index contributed by atoms with van der Waals surface area (Å²) in [5.74, 6) is 0.643. The molecule has 0 radical (unpaired) electrons. The number of para-hydroxylation sites is 2. The molecule has 26 heavy (non-hydrogen) atoms. The molecule has 0 unspecified atom stereocenters. The summed E-state index contributed by atoms with van der Waals surface area (Å²) in [4.78, 5) is 17.1. The molecule has 1 atom stereocenters. The van der Waals surface area contributed by atoms with Crippen molar-refractivity contribution in [1.82, 2.24) is 4.90 Å². The Morgan fingerprint density at radius 2 is 1.85 bits per heavy atom. The quantitative estimate of drug-likeness (QED) is 0.871. The molecule has 1 aliphatic rings. The molecule has 1 heterocycles. The molecule has 6 heteroatoms. The number of halogens is 1. The zero-order chi connectivity index (χ0) is 18.5. The highest BCUT2D eigenvalue weighted by Crippen LogP contribution is 2.24. The highest BCUT2D eigenvalue weighted by atomic mass is 35.5. The number of nitrogens with one attached hydrogen (secondary N) is 1. The topological polar surface area (TPSA) is 44.8 Å². The molecule has 2 aromatic rings. The van der Waals surface area contributed by atoms with Gasteiger partial charge in [0.05, 0.1) is 18.8 Å². The molecule has 1 fully saturated rings. The van der Waals surface area contributed by atoms with E-state index >= 15 is 0 Å². The van der Waals surface area contributed by atoms with Crippen molar-refractivity contribution in [1.29, 1.82) is 0 Å². The standard InChI is InChI=1S/C20H24ClN3O2/c1-15(20(25)22-18-8-3-4-9-19(18)26-2)23-10-12-24(13-11-23)17-7-5-6-16(21)14-17/h3-9,14-15H,10-13H2,1-2H3,(H,22,25)/t15-/m1/s1. The van der Waals surface area contributed by atoms with Gasteiger partial charge in [0.15, 0.2) is 0 Å². The first-order valence-electron chi connectivity index (χ1n) is 8.77. The molecule has 3 rings (SSSR count). The Labute approximate surface area is 159 Å². The number of methoxy groups -OCH3 is 1. The van der Waals surface area contributed by atoms with Crippen molar-refractivity contribution in [3.8, 4) is 5.75 Å². The van der Waals surface area contributed by atoms with E-state index < -0.39 is 0 Å². The predicted molar refractivity (Wildman–Crippen MR) is 106 cm³/mol. The first-order valence-corrected chi connectivity index (χ1v) is 9.14. The van der Waals surface area contributed by atoms with Gasteiger partial charge in [0.1, 0.15) is 5.75 Å². The minimum atomic E-state index is -0.207. The van der Waals surface area contributed by atoms with Gasteiger partial charge in [-0.1, -0.05) is 29.8 Å². The van der Waals surface area contributed by atoms with E-state index in [1.807, 2.05) is 49.4 Å². The van der Waals surface area contributed by atoms with E-state index in [4.69, 9.17) is 16.3 Å². The van der Waals surface area contributed by atoms with Gasteiger partial charge in [-0.15, -0.1) is 0 Å². The second-order valence-electron chi connectivity index (χ2n) is 6.37. The molecule has 0 saturated carbocycles. The molecule has 2 aromatic carbocycles. The van der Waals surface area contributed by atoms with Gasteiger partial charge >= 0.3 is 0 Å². The fraction of sp³-hybridized carbons (Fsp3) is 0.350. The normalized spacial score (nSPS) is 16.2. The lowest BCUT2D eigenvalue weighted by Crippen LogP contribution is -2.52. The largest absolute Gasteiger partial charge is 0.495 e. The summed E-state index contributed by atoms with van der Waals surface area (Å²) in [5.41, 5.74) is 1.83. The Morgan fingerprint density at radius 1 is 1.12 bits per heavy atom. The van der Waals surface area contributed by atoms with Crippen molar-refractivity contribution in [2.45, 2.75) is 13.0 Å². The van der Waals surface area contributed by atoms with Crippen molar-refractivity contribution in [3.63, 3.8) is 0 Å². The maximum atomic E-state index is 12.6. The monoisotopic (exact) mass is 373 g/mol. The van der Waals surface area contributed by atoms with E-state index in [9.17, 15) is 4.79 Å². The summed E-state index contributed by atoms with van der Waals surface area (Å²) < 4.78 is 5.30. The summed E-state index contributed by atoms with van der Waals surface area (Å²) in [6, 6.07) is 15.1. The lowest BCUT2D eigenvalue weighted by Gasteiger charge is -2.38. The summed E-state index contributed by atoms with van der Waals surface area (Å²) in [5, 5.41) is 3.72. The molecule has 1 N–H and O–H groups in total. The Balaban J connectivity index is 1.57. The average Bonchev–Trinajstić information content (AvgIpc) is 2.68. The lowest BCUT2D eigenvalue weighted by atomic mass is 10.2. The van der Waals surface area contributed by atoms with Gasteiger partial charge < -0.3 is 15.0 Å². The summed E-state index contributed by atoms with van der Waals surface area (Å²) in [7, 11) is 1.60. The first-order chi connectivity index (χ1) is 12.6. The number of hydrogen-bond acceptors (Lipinski definition) is 4. The average molecular weight is 374 g/mol. The molecule has 1 amide bonds. The Morgan fingerprint density at radius 3 is 2.54 bits per heavy atom. The number of hydrogen-bond donors (Lipinski definition) is 1. The number of anilines is 2. The minimum absolute atomic E-state index is 0.0225. The summed E-state index contributed by atoms with van der Waals surface area (Å²) in [6.07, 6.45) is 0. The highest BCUT2D eigenvalue weighted by molar-refractivity contribution is 6.30. The Bertz CT molecular complexity index is 760. The molecule has 1 saturated heterocycles. The molecule has 1 aliphatic heterocycles. The van der Waals surface area contributed by atoms with Gasteiger partial charge in [0, 0.05) is 36.9 Å². The smallest absolute Gasteiger partial charge is 0.241 e. The fourth-order valence-electron chi connectivity index (χ4n) is 3.19. The second kappa shape index (κ2) is 8.43. The van der Waals surface area contributed by atoms with Crippen LogP contribution < -0.4 is 15.0 Å². The van der Waals surface area contributed by atoms with Gasteiger partial charge in [-0.05, 0) is 37.3 Å². The van der Waals surface area contributed by atoms with E-state index in [-0.39, 0.29) is 11.9 Å². The number of rotatable bonds is 5. The highest BCUT2D eigenvalue weighted by Gasteiger charge is 2.26. The van der Waals surface area contributed by atoms with E-state index in [1.54, 1.807) is 7.11 Å². The number of nitrogens with zero attached hydrogens (tertiary/aromatic N) is 2. The third-order valence-electron chi connectivity index (χ3n) is 4.78. The molecular formula is C20H24ClN3O2. The number of carbonyl (C=O) groups is 1. The van der Waals surface area contributed by atoms with Crippen LogP contribution in [0.3, 0.4) is 0 Å². The van der Waals surface area contributed by atoms with Crippen LogP contribution in [0.25, 0.3) is 0 Å². The van der Waals surface area contributed by atoms with Gasteiger partial charge in [-0.25, -0.2) is 0 Å². The fourth-order valence-corrected chi connectivity index (χ4v) is 3.38. The van der Waals surface area contributed by atoms with Gasteiger partial charge in [0.25, 0.3) is 0 Å². The SMILES string of the molecule is COc1ccccc1NC(=O)[C@@H](C)N1CCN(c2cccc(Cl)c2)CC1. The maximum Gasteiger partial charge on any atom is 0.241 e. The van der Waals surface area contributed by atoms with Crippen LogP contribution in [0.5, 0.6) is 5.75 Å². The molecule has 0 spiro atoms. The zero-order valence-corrected chi connectivity index (χ0v) is 15.9. The number of carbonyl (C=O) groups excluding carboxylic acids is 1. The van der Waals surface area contributed by atoms with Crippen molar-refractivity contribution in [2.24, 2.45) is 0 Å². The number of benzene rings is 2. The second-order valence-corrected chi connectivity index (χ2v) is 6.80. The third-order valence-corrected chi connectivity index (χ3v) is 5.01. The molecule has 138 valence electrons. The van der Waals surface area contributed by atoms with Crippen LogP contribution in [0.2, 0.25) is 5.02 Å². The first kappa shape index (κ1) is 18.5. The number of ether oxygens (including phenoxy) is 1. The van der Waals surface area contributed by atoms with Crippen molar-refractivity contribution in [2.75, 3.05) is 43.5 Å². The molecular weight excluding hydrogens is 350 g/mol. The molecule has 0 bridgehead atoms. The van der Waals surface area contributed by atoms with Crippen LogP contribution in [0, 0.1) is 0 Å². The lowest BCUT2D eigenvalue weighted by molar-refractivity contribution is -0.120. The Kier molecular flexibility index (Phi) is 6.01. The number of piperazine rings is 1. The summed E-state index contributed by atoms with van der Waals surface area (Å²) in [6.45, 7) is 5.33. The maximum absolute atomic E-state index is 12.6. The third kappa shape index (κ3) is 4.29. The van der Waals surface area contributed by atoms with Crippen LogP contribution in [0.15, 0.2) is 48.5 Å². The minimum Gasteiger partial charge on any atom is -0.495 e. The summed E-state index contributed by atoms with van der Waals surface area (Å²) >= 11 is 6.09. The number of amides is 1. The van der Waals surface area contributed by atoms with Crippen LogP contribution in [-0.2, 0) is 4.79 Å². The van der Waals surface area contributed by atoms with Crippen molar-refractivity contribution in [3.05, 3.63) is 53.6 Å². The van der Waals surface area contributed by atoms with Gasteiger partial charge in [0.2, 0.25) is 5.91 Å². The van der Waals surface area contributed by atoms with E-state index in [2.05, 4.69) is 21.2 Å². The van der Waals surface area contributed by atoms with E-state index in [1.165, 1.54) is 0 Å².